The largest absolute Gasteiger partial charge is 0.390 e. The van der Waals surface area contributed by atoms with E-state index in [0.29, 0.717) is 12.1 Å². The highest BCUT2D eigenvalue weighted by Crippen LogP contribution is 2.31. The van der Waals surface area contributed by atoms with Gasteiger partial charge in [-0.1, -0.05) is 38.1 Å². The fourth-order valence-electron chi connectivity index (χ4n) is 2.95. The zero-order chi connectivity index (χ0) is 15.9. The van der Waals surface area contributed by atoms with Crippen molar-refractivity contribution in [3.63, 3.8) is 0 Å². The lowest BCUT2D eigenvalue weighted by Gasteiger charge is -2.17. The Hall–Kier alpha value is -2.14. The van der Waals surface area contributed by atoms with Crippen LogP contribution in [0.3, 0.4) is 0 Å². The summed E-state index contributed by atoms with van der Waals surface area (Å²) in [6.07, 6.45) is -0.0110. The number of carbonyl (C=O) groups is 1. The summed E-state index contributed by atoms with van der Waals surface area (Å²) in [4.78, 5) is 12.5. The smallest absolute Gasteiger partial charge is 0.270 e. The van der Waals surface area contributed by atoms with Crippen molar-refractivity contribution in [2.45, 2.75) is 38.3 Å². The van der Waals surface area contributed by atoms with E-state index >= 15 is 0 Å². The number of benzene rings is 1. The van der Waals surface area contributed by atoms with Crippen LogP contribution in [-0.4, -0.2) is 26.9 Å². The summed E-state index contributed by atoms with van der Waals surface area (Å²) >= 11 is 0. The van der Waals surface area contributed by atoms with Gasteiger partial charge >= 0.3 is 0 Å². The third-order valence-corrected chi connectivity index (χ3v) is 4.21. The third-order valence-electron chi connectivity index (χ3n) is 4.21. The maximum atomic E-state index is 12.5. The summed E-state index contributed by atoms with van der Waals surface area (Å²) in [5, 5.41) is 17.5. The van der Waals surface area contributed by atoms with Gasteiger partial charge in [-0.25, -0.2) is 0 Å². The first-order valence-electron chi connectivity index (χ1n) is 7.58. The molecule has 2 atom stereocenters. The Morgan fingerprint density at radius 2 is 2.14 bits per heavy atom. The van der Waals surface area contributed by atoms with Crippen molar-refractivity contribution < 1.29 is 9.90 Å². The van der Waals surface area contributed by atoms with Crippen LogP contribution in [0.1, 0.15) is 53.1 Å². The molecule has 1 heterocycles. The number of hydrogen-bond acceptors (Lipinski definition) is 3. The van der Waals surface area contributed by atoms with Gasteiger partial charge in [-0.2, -0.15) is 5.10 Å². The summed E-state index contributed by atoms with van der Waals surface area (Å²) in [6.45, 7) is 4.09. The number of nitrogens with zero attached hydrogens (tertiary/aromatic N) is 2. The van der Waals surface area contributed by atoms with Gasteiger partial charge in [0.2, 0.25) is 0 Å². The topological polar surface area (TPSA) is 67.2 Å². The molecule has 0 saturated carbocycles. The van der Waals surface area contributed by atoms with Crippen molar-refractivity contribution in [2.24, 2.45) is 7.05 Å². The number of aryl methyl sites for hydroxylation is 1. The van der Waals surface area contributed by atoms with Crippen LogP contribution in [0, 0.1) is 0 Å². The third kappa shape index (κ3) is 2.52. The lowest BCUT2D eigenvalue weighted by atomic mass is 10.1. The molecule has 2 aromatic rings. The van der Waals surface area contributed by atoms with Crippen LogP contribution >= 0.6 is 0 Å². The predicted molar refractivity (Wildman–Crippen MR) is 83.7 cm³/mol. The van der Waals surface area contributed by atoms with Gasteiger partial charge in [0.05, 0.1) is 17.8 Å². The number of aliphatic hydroxyl groups is 1. The average Bonchev–Trinajstić information content (AvgIpc) is 3.00. The zero-order valence-electron chi connectivity index (χ0n) is 13.1. The number of fused-ring (bicyclic) bond motifs is 1. The van der Waals surface area contributed by atoms with Gasteiger partial charge in [0.15, 0.2) is 0 Å². The molecule has 2 unspecified atom stereocenters. The van der Waals surface area contributed by atoms with E-state index in [-0.39, 0.29) is 17.9 Å². The number of nitrogens with one attached hydrogen (secondary N) is 1. The standard InChI is InChI=1S/C17H21N3O2/c1-10(2)13-9-14(20(3)19-13)17(22)18-16-12-7-5-4-6-11(12)8-15(16)21/h4-7,9-10,15-16,21H,8H2,1-3H3,(H,18,22). The summed E-state index contributed by atoms with van der Waals surface area (Å²) in [7, 11) is 1.76. The second-order valence-corrected chi connectivity index (χ2v) is 6.15. The molecule has 116 valence electrons. The Kier molecular flexibility index (Phi) is 3.74. The van der Waals surface area contributed by atoms with Gasteiger partial charge in [0.1, 0.15) is 5.69 Å². The highest BCUT2D eigenvalue weighted by atomic mass is 16.3. The number of aliphatic hydroxyl groups excluding tert-OH is 1. The predicted octanol–water partition coefficient (Wildman–Crippen LogP) is 1.93. The van der Waals surface area contributed by atoms with Gasteiger partial charge in [-0.05, 0) is 23.1 Å². The minimum Gasteiger partial charge on any atom is -0.390 e. The zero-order valence-corrected chi connectivity index (χ0v) is 13.1. The van der Waals surface area contributed by atoms with Crippen LogP contribution < -0.4 is 5.32 Å². The Morgan fingerprint density at radius 3 is 2.82 bits per heavy atom. The highest BCUT2D eigenvalue weighted by molar-refractivity contribution is 5.93. The van der Waals surface area contributed by atoms with E-state index in [1.165, 1.54) is 0 Å². The van der Waals surface area contributed by atoms with E-state index < -0.39 is 6.10 Å². The molecular formula is C17H21N3O2. The summed E-state index contributed by atoms with van der Waals surface area (Å²) < 4.78 is 1.60. The van der Waals surface area contributed by atoms with Crippen LogP contribution in [0.5, 0.6) is 0 Å². The molecule has 5 heteroatoms. The van der Waals surface area contributed by atoms with E-state index in [0.717, 1.165) is 16.8 Å². The Labute approximate surface area is 130 Å². The highest BCUT2D eigenvalue weighted by Gasteiger charge is 2.32. The second-order valence-electron chi connectivity index (χ2n) is 6.15. The van der Waals surface area contributed by atoms with Gasteiger partial charge in [-0.15, -0.1) is 0 Å². The number of aromatic nitrogens is 2. The van der Waals surface area contributed by atoms with Crippen molar-refractivity contribution in [3.05, 3.63) is 52.8 Å². The van der Waals surface area contributed by atoms with Crippen molar-refractivity contribution >= 4 is 5.91 Å². The van der Waals surface area contributed by atoms with Crippen LogP contribution in [0.25, 0.3) is 0 Å². The molecule has 5 nitrogen and oxygen atoms in total. The SMILES string of the molecule is CC(C)c1cc(C(=O)NC2c3ccccc3CC2O)n(C)n1. The lowest BCUT2D eigenvalue weighted by molar-refractivity contribution is 0.0849. The van der Waals surface area contributed by atoms with E-state index in [4.69, 9.17) is 0 Å². The maximum absolute atomic E-state index is 12.5. The van der Waals surface area contributed by atoms with Crippen molar-refractivity contribution in [1.29, 1.82) is 0 Å². The molecule has 2 N–H and O–H groups in total. The molecule has 0 radical (unpaired) electrons. The first-order valence-corrected chi connectivity index (χ1v) is 7.58. The molecule has 22 heavy (non-hydrogen) atoms. The number of carbonyl (C=O) groups excluding carboxylic acids is 1. The monoisotopic (exact) mass is 299 g/mol. The molecule has 1 amide bonds. The number of amides is 1. The van der Waals surface area contributed by atoms with Gasteiger partial charge < -0.3 is 10.4 Å². The molecule has 1 aliphatic rings. The second kappa shape index (κ2) is 5.57. The Bertz CT molecular complexity index is 706. The molecule has 0 saturated heterocycles. The van der Waals surface area contributed by atoms with E-state index in [9.17, 15) is 9.90 Å². The van der Waals surface area contributed by atoms with Crippen LogP contribution in [0.4, 0.5) is 0 Å². The van der Waals surface area contributed by atoms with Crippen LogP contribution in [-0.2, 0) is 13.5 Å². The molecule has 1 aliphatic carbocycles. The summed E-state index contributed by atoms with van der Waals surface area (Å²) in [5.74, 6) is 0.0631. The molecule has 1 aromatic heterocycles. The molecule has 0 fully saturated rings. The van der Waals surface area contributed by atoms with Crippen molar-refractivity contribution in [2.75, 3.05) is 0 Å². The molecule has 3 rings (SSSR count). The molecule has 0 aliphatic heterocycles. The normalized spacial score (nSPS) is 20.2. The first-order chi connectivity index (χ1) is 10.5. The molecule has 0 bridgehead atoms. The van der Waals surface area contributed by atoms with E-state index in [2.05, 4.69) is 10.4 Å². The van der Waals surface area contributed by atoms with Gasteiger partial charge in [0, 0.05) is 13.5 Å². The summed E-state index contributed by atoms with van der Waals surface area (Å²) in [5.41, 5.74) is 3.49. The van der Waals surface area contributed by atoms with Crippen LogP contribution in [0.15, 0.2) is 30.3 Å². The summed E-state index contributed by atoms with van der Waals surface area (Å²) in [6, 6.07) is 9.28. The molecular weight excluding hydrogens is 278 g/mol. The van der Waals surface area contributed by atoms with E-state index in [1.54, 1.807) is 11.7 Å². The maximum Gasteiger partial charge on any atom is 0.270 e. The average molecular weight is 299 g/mol. The van der Waals surface area contributed by atoms with Gasteiger partial charge in [0.25, 0.3) is 5.91 Å². The van der Waals surface area contributed by atoms with Crippen molar-refractivity contribution in [1.82, 2.24) is 15.1 Å². The van der Waals surface area contributed by atoms with E-state index in [1.807, 2.05) is 44.2 Å². The molecule has 1 aromatic carbocycles. The lowest BCUT2D eigenvalue weighted by Crippen LogP contribution is -2.34. The fraction of sp³-hybridized carbons (Fsp3) is 0.412. The number of hydrogen-bond donors (Lipinski definition) is 2. The quantitative estimate of drug-likeness (QED) is 0.910. The minimum absolute atomic E-state index is 0.206. The van der Waals surface area contributed by atoms with Gasteiger partial charge in [-0.3, -0.25) is 9.48 Å². The number of rotatable bonds is 3. The Balaban J connectivity index is 1.83. The first kappa shape index (κ1) is 14.8. The van der Waals surface area contributed by atoms with Crippen molar-refractivity contribution in [3.8, 4) is 0 Å². The fourth-order valence-corrected chi connectivity index (χ4v) is 2.95. The van der Waals surface area contributed by atoms with Crippen LogP contribution in [0.2, 0.25) is 0 Å². The Morgan fingerprint density at radius 1 is 1.41 bits per heavy atom. The molecule has 0 spiro atoms. The minimum atomic E-state index is -0.584.